The SMILES string of the molecule is CC(C)CCN1C[C@H](N)CC1=O. The third-order valence-electron chi connectivity index (χ3n) is 2.22. The van der Waals surface area contributed by atoms with Crippen molar-refractivity contribution in [2.24, 2.45) is 11.7 Å². The molecule has 1 aliphatic heterocycles. The van der Waals surface area contributed by atoms with E-state index in [4.69, 9.17) is 5.73 Å². The number of hydrogen-bond donors (Lipinski definition) is 1. The molecule has 2 N–H and O–H groups in total. The highest BCUT2D eigenvalue weighted by atomic mass is 16.2. The molecule has 3 heteroatoms. The van der Waals surface area contributed by atoms with E-state index < -0.39 is 0 Å². The molecule has 0 unspecified atom stereocenters. The number of likely N-dealkylation sites (tertiary alicyclic amines) is 1. The van der Waals surface area contributed by atoms with Gasteiger partial charge in [-0.15, -0.1) is 0 Å². The highest BCUT2D eigenvalue weighted by Gasteiger charge is 2.26. The molecule has 0 spiro atoms. The summed E-state index contributed by atoms with van der Waals surface area (Å²) in [5, 5.41) is 0. The van der Waals surface area contributed by atoms with Crippen molar-refractivity contribution < 1.29 is 4.79 Å². The Morgan fingerprint density at radius 3 is 2.75 bits per heavy atom. The molecule has 1 atom stereocenters. The summed E-state index contributed by atoms with van der Waals surface area (Å²) in [5.41, 5.74) is 5.66. The summed E-state index contributed by atoms with van der Waals surface area (Å²) < 4.78 is 0. The Morgan fingerprint density at radius 2 is 2.33 bits per heavy atom. The number of carbonyl (C=O) groups is 1. The monoisotopic (exact) mass is 170 g/mol. The summed E-state index contributed by atoms with van der Waals surface area (Å²) in [6, 6.07) is 0.0738. The third-order valence-corrected chi connectivity index (χ3v) is 2.22. The van der Waals surface area contributed by atoms with Gasteiger partial charge >= 0.3 is 0 Å². The van der Waals surface area contributed by atoms with Crippen molar-refractivity contribution in [2.75, 3.05) is 13.1 Å². The summed E-state index contributed by atoms with van der Waals surface area (Å²) >= 11 is 0. The normalized spacial score (nSPS) is 24.2. The first kappa shape index (κ1) is 9.52. The predicted octanol–water partition coefficient (Wildman–Crippen LogP) is 0.592. The van der Waals surface area contributed by atoms with Crippen molar-refractivity contribution in [3.8, 4) is 0 Å². The van der Waals surface area contributed by atoms with Gasteiger partial charge in [0, 0.05) is 25.6 Å². The Morgan fingerprint density at radius 1 is 1.67 bits per heavy atom. The maximum absolute atomic E-state index is 11.2. The van der Waals surface area contributed by atoms with Crippen LogP contribution < -0.4 is 5.73 Å². The molecule has 0 aromatic carbocycles. The van der Waals surface area contributed by atoms with E-state index >= 15 is 0 Å². The Kier molecular flexibility index (Phi) is 3.09. The van der Waals surface area contributed by atoms with Crippen LogP contribution >= 0.6 is 0 Å². The maximum Gasteiger partial charge on any atom is 0.224 e. The fraction of sp³-hybridized carbons (Fsp3) is 0.889. The average Bonchev–Trinajstić information content (AvgIpc) is 2.26. The first-order chi connectivity index (χ1) is 5.59. The predicted molar refractivity (Wildman–Crippen MR) is 48.6 cm³/mol. The van der Waals surface area contributed by atoms with Crippen molar-refractivity contribution >= 4 is 5.91 Å². The molecule has 0 bridgehead atoms. The first-order valence-electron chi connectivity index (χ1n) is 4.63. The van der Waals surface area contributed by atoms with E-state index in [1.807, 2.05) is 4.90 Å². The lowest BCUT2D eigenvalue weighted by atomic mass is 10.1. The van der Waals surface area contributed by atoms with Gasteiger partial charge in [0.2, 0.25) is 5.91 Å². The van der Waals surface area contributed by atoms with Crippen molar-refractivity contribution in [2.45, 2.75) is 32.7 Å². The van der Waals surface area contributed by atoms with Crippen LogP contribution in [-0.4, -0.2) is 29.9 Å². The number of amides is 1. The van der Waals surface area contributed by atoms with Crippen molar-refractivity contribution in [1.29, 1.82) is 0 Å². The maximum atomic E-state index is 11.2. The van der Waals surface area contributed by atoms with Crippen LogP contribution in [0.2, 0.25) is 0 Å². The third kappa shape index (κ3) is 2.48. The van der Waals surface area contributed by atoms with Gasteiger partial charge in [0.25, 0.3) is 0 Å². The lowest BCUT2D eigenvalue weighted by Gasteiger charge is -2.16. The lowest BCUT2D eigenvalue weighted by Crippen LogP contribution is -2.29. The standard InChI is InChI=1S/C9H18N2O/c1-7(2)3-4-11-6-8(10)5-9(11)12/h7-8H,3-6,10H2,1-2H3/t8-/m1/s1. The summed E-state index contributed by atoms with van der Waals surface area (Å²) in [7, 11) is 0. The molecule has 1 saturated heterocycles. The van der Waals surface area contributed by atoms with Gasteiger partial charge in [-0.3, -0.25) is 4.79 Å². The molecular weight excluding hydrogens is 152 g/mol. The van der Waals surface area contributed by atoms with Gasteiger partial charge < -0.3 is 10.6 Å². The Balaban J connectivity index is 2.28. The van der Waals surface area contributed by atoms with Gasteiger partial charge in [-0.05, 0) is 12.3 Å². The fourth-order valence-corrected chi connectivity index (χ4v) is 1.43. The van der Waals surface area contributed by atoms with Gasteiger partial charge in [-0.1, -0.05) is 13.8 Å². The average molecular weight is 170 g/mol. The van der Waals surface area contributed by atoms with E-state index in [0.717, 1.165) is 19.5 Å². The molecule has 70 valence electrons. The van der Waals surface area contributed by atoms with Crippen molar-refractivity contribution in [3.63, 3.8) is 0 Å². The Hall–Kier alpha value is -0.570. The van der Waals surface area contributed by atoms with Gasteiger partial charge in [-0.2, -0.15) is 0 Å². The number of nitrogens with zero attached hydrogens (tertiary/aromatic N) is 1. The van der Waals surface area contributed by atoms with Gasteiger partial charge in [0.05, 0.1) is 0 Å². The summed E-state index contributed by atoms with van der Waals surface area (Å²) in [6.07, 6.45) is 1.62. The van der Waals surface area contributed by atoms with Crippen LogP contribution in [0, 0.1) is 5.92 Å². The molecule has 12 heavy (non-hydrogen) atoms. The largest absolute Gasteiger partial charge is 0.341 e. The minimum absolute atomic E-state index is 0.0738. The Bertz CT molecular complexity index is 168. The minimum Gasteiger partial charge on any atom is -0.341 e. The zero-order chi connectivity index (χ0) is 9.14. The topological polar surface area (TPSA) is 46.3 Å². The minimum atomic E-state index is 0.0738. The fourth-order valence-electron chi connectivity index (χ4n) is 1.43. The molecule has 0 saturated carbocycles. The second-order valence-corrected chi connectivity index (χ2v) is 3.99. The molecule has 1 fully saturated rings. The molecule has 1 aliphatic rings. The van der Waals surface area contributed by atoms with Gasteiger partial charge in [0.1, 0.15) is 0 Å². The number of nitrogens with two attached hydrogens (primary N) is 1. The van der Waals surface area contributed by atoms with Crippen LogP contribution in [0.3, 0.4) is 0 Å². The quantitative estimate of drug-likeness (QED) is 0.674. The van der Waals surface area contributed by atoms with Crippen molar-refractivity contribution in [3.05, 3.63) is 0 Å². The van der Waals surface area contributed by atoms with Crippen LogP contribution in [0.25, 0.3) is 0 Å². The molecule has 0 radical (unpaired) electrons. The van der Waals surface area contributed by atoms with Crippen LogP contribution in [0.15, 0.2) is 0 Å². The van der Waals surface area contributed by atoms with Crippen LogP contribution in [0.4, 0.5) is 0 Å². The second-order valence-electron chi connectivity index (χ2n) is 3.99. The van der Waals surface area contributed by atoms with Crippen LogP contribution in [0.1, 0.15) is 26.7 Å². The van der Waals surface area contributed by atoms with Crippen molar-refractivity contribution in [1.82, 2.24) is 4.90 Å². The molecule has 1 rings (SSSR count). The summed E-state index contributed by atoms with van der Waals surface area (Å²) in [4.78, 5) is 13.1. The van der Waals surface area contributed by atoms with E-state index in [9.17, 15) is 4.79 Å². The molecule has 0 aromatic heterocycles. The molecule has 0 aliphatic carbocycles. The van der Waals surface area contributed by atoms with Crippen LogP contribution in [-0.2, 0) is 4.79 Å². The molecule has 1 amide bonds. The summed E-state index contributed by atoms with van der Waals surface area (Å²) in [5.74, 6) is 0.887. The smallest absolute Gasteiger partial charge is 0.224 e. The Labute approximate surface area is 73.9 Å². The molecule has 1 heterocycles. The number of carbonyl (C=O) groups excluding carboxylic acids is 1. The van der Waals surface area contributed by atoms with E-state index in [1.54, 1.807) is 0 Å². The zero-order valence-corrected chi connectivity index (χ0v) is 7.92. The number of rotatable bonds is 3. The van der Waals surface area contributed by atoms with E-state index in [1.165, 1.54) is 0 Å². The first-order valence-corrected chi connectivity index (χ1v) is 4.63. The van der Waals surface area contributed by atoms with Crippen LogP contribution in [0.5, 0.6) is 0 Å². The highest BCUT2D eigenvalue weighted by molar-refractivity contribution is 5.79. The molecule has 3 nitrogen and oxygen atoms in total. The van der Waals surface area contributed by atoms with E-state index in [-0.39, 0.29) is 11.9 Å². The molecular formula is C9H18N2O. The van der Waals surface area contributed by atoms with Gasteiger partial charge in [-0.25, -0.2) is 0 Å². The van der Waals surface area contributed by atoms with E-state index in [2.05, 4.69) is 13.8 Å². The molecule has 0 aromatic rings. The lowest BCUT2D eigenvalue weighted by molar-refractivity contribution is -0.127. The highest BCUT2D eigenvalue weighted by Crippen LogP contribution is 2.11. The number of hydrogen-bond acceptors (Lipinski definition) is 2. The van der Waals surface area contributed by atoms with Gasteiger partial charge in [0.15, 0.2) is 0 Å². The summed E-state index contributed by atoms with van der Waals surface area (Å²) in [6.45, 7) is 5.97. The second kappa shape index (κ2) is 3.90. The van der Waals surface area contributed by atoms with E-state index in [0.29, 0.717) is 12.3 Å². The zero-order valence-electron chi connectivity index (χ0n) is 7.92.